The van der Waals surface area contributed by atoms with Gasteiger partial charge in [-0.2, -0.15) is 0 Å². The molecular formula is C18H13BrN2O2S. The van der Waals surface area contributed by atoms with Crippen molar-refractivity contribution >= 4 is 47.8 Å². The largest absolute Gasteiger partial charge is 0.268 e. The maximum Gasteiger partial charge on any atom is 0.268 e. The van der Waals surface area contributed by atoms with Gasteiger partial charge in [0.25, 0.3) is 10.0 Å². The molecule has 0 fully saturated rings. The Balaban J connectivity index is 2.04. The molecule has 0 saturated heterocycles. The Morgan fingerprint density at radius 3 is 2.42 bits per heavy atom. The lowest BCUT2D eigenvalue weighted by Crippen LogP contribution is -2.12. The Morgan fingerprint density at radius 2 is 1.67 bits per heavy atom. The molecule has 0 atom stereocenters. The third-order valence-corrected chi connectivity index (χ3v) is 6.28. The van der Waals surface area contributed by atoms with E-state index in [2.05, 4.69) is 20.9 Å². The zero-order valence-electron chi connectivity index (χ0n) is 12.8. The Morgan fingerprint density at radius 1 is 0.958 bits per heavy atom. The smallest absolute Gasteiger partial charge is 0.239 e. The maximum absolute atomic E-state index is 13.0. The van der Waals surface area contributed by atoms with E-state index in [0.717, 1.165) is 21.9 Å². The molecule has 2 aromatic heterocycles. The Kier molecular flexibility index (Phi) is 3.47. The van der Waals surface area contributed by atoms with Crippen LogP contribution in [0.4, 0.5) is 0 Å². The second-order valence-electron chi connectivity index (χ2n) is 5.61. The number of nitrogens with zero attached hydrogens (tertiary/aromatic N) is 2. The number of para-hydroxylation sites is 1. The minimum absolute atomic E-state index is 0.255. The average molecular weight is 401 g/mol. The molecule has 0 aliphatic carbocycles. The Hall–Kier alpha value is -2.18. The van der Waals surface area contributed by atoms with E-state index in [-0.39, 0.29) is 4.90 Å². The zero-order valence-corrected chi connectivity index (χ0v) is 15.2. The topological polar surface area (TPSA) is 52.0 Å². The number of rotatable bonds is 2. The lowest BCUT2D eigenvalue weighted by molar-refractivity contribution is 0.589. The summed E-state index contributed by atoms with van der Waals surface area (Å²) in [5, 5.41) is 1.77. The molecule has 0 saturated carbocycles. The molecule has 0 radical (unpaired) electrons. The molecule has 6 heteroatoms. The van der Waals surface area contributed by atoms with E-state index in [0.29, 0.717) is 10.1 Å². The van der Waals surface area contributed by atoms with Gasteiger partial charge in [-0.25, -0.2) is 17.4 Å². The first-order valence-corrected chi connectivity index (χ1v) is 9.59. The van der Waals surface area contributed by atoms with Gasteiger partial charge in [0.2, 0.25) is 0 Å². The van der Waals surface area contributed by atoms with Crippen molar-refractivity contribution in [2.75, 3.05) is 0 Å². The van der Waals surface area contributed by atoms with E-state index < -0.39 is 10.0 Å². The fourth-order valence-corrected chi connectivity index (χ4v) is 4.88. The van der Waals surface area contributed by atoms with Crippen molar-refractivity contribution in [2.24, 2.45) is 0 Å². The van der Waals surface area contributed by atoms with Gasteiger partial charge in [-0.3, -0.25) is 0 Å². The summed E-state index contributed by atoms with van der Waals surface area (Å²) >= 11 is 3.43. The fraction of sp³-hybridized carbons (Fsp3) is 0.0556. The number of benzene rings is 2. The first-order valence-electron chi connectivity index (χ1n) is 7.36. The number of aromatic nitrogens is 2. The number of halogens is 1. The Labute approximate surface area is 147 Å². The van der Waals surface area contributed by atoms with Crippen LogP contribution in [0.15, 0.2) is 70.3 Å². The highest BCUT2D eigenvalue weighted by Crippen LogP contribution is 2.32. The van der Waals surface area contributed by atoms with Crippen LogP contribution >= 0.6 is 15.9 Å². The minimum Gasteiger partial charge on any atom is -0.239 e. The van der Waals surface area contributed by atoms with Crippen LogP contribution in [0.3, 0.4) is 0 Å². The lowest BCUT2D eigenvalue weighted by atomic mass is 10.1. The predicted molar refractivity (Wildman–Crippen MR) is 98.7 cm³/mol. The van der Waals surface area contributed by atoms with E-state index in [1.807, 2.05) is 37.3 Å². The van der Waals surface area contributed by atoms with Gasteiger partial charge in [0.15, 0.2) is 0 Å². The number of hydrogen-bond donors (Lipinski definition) is 0. The highest BCUT2D eigenvalue weighted by atomic mass is 79.9. The summed E-state index contributed by atoms with van der Waals surface area (Å²) in [4.78, 5) is 4.74. The van der Waals surface area contributed by atoms with Crippen LogP contribution < -0.4 is 0 Å². The van der Waals surface area contributed by atoms with Crippen LogP contribution in [0.5, 0.6) is 0 Å². The summed E-state index contributed by atoms with van der Waals surface area (Å²) in [6, 6.07) is 16.3. The lowest BCUT2D eigenvalue weighted by Gasteiger charge is -2.09. The minimum atomic E-state index is -3.68. The van der Waals surface area contributed by atoms with Crippen molar-refractivity contribution in [3.05, 3.63) is 71.0 Å². The standard InChI is InChI=1S/C18H13BrN2O2S/c1-12-6-8-13(9-7-12)24(22,23)21-11-10-15-14-4-2-3-5-16(14)20-18(19)17(15)21/h2-11H,1H3. The molecule has 0 aliphatic rings. The summed E-state index contributed by atoms with van der Waals surface area (Å²) in [7, 11) is -3.68. The van der Waals surface area contributed by atoms with Crippen molar-refractivity contribution in [3.63, 3.8) is 0 Å². The number of pyridine rings is 1. The third-order valence-electron chi connectivity index (χ3n) is 4.04. The van der Waals surface area contributed by atoms with E-state index in [1.54, 1.807) is 30.5 Å². The molecule has 0 spiro atoms. The molecule has 2 heterocycles. The molecule has 0 bridgehead atoms. The summed E-state index contributed by atoms with van der Waals surface area (Å²) in [6.45, 7) is 1.92. The molecule has 4 rings (SSSR count). The summed E-state index contributed by atoms with van der Waals surface area (Å²) in [5.74, 6) is 0. The number of aryl methyl sites for hydroxylation is 1. The van der Waals surface area contributed by atoms with Crippen molar-refractivity contribution in [1.82, 2.24) is 8.96 Å². The van der Waals surface area contributed by atoms with Gasteiger partial charge in [-0.1, -0.05) is 35.9 Å². The van der Waals surface area contributed by atoms with Gasteiger partial charge in [0.05, 0.1) is 15.9 Å². The highest BCUT2D eigenvalue weighted by Gasteiger charge is 2.21. The second-order valence-corrected chi connectivity index (χ2v) is 8.18. The quantitative estimate of drug-likeness (QED) is 0.465. The average Bonchev–Trinajstić information content (AvgIpc) is 3.02. The van der Waals surface area contributed by atoms with Crippen LogP contribution in [-0.4, -0.2) is 17.4 Å². The van der Waals surface area contributed by atoms with E-state index in [4.69, 9.17) is 0 Å². The van der Waals surface area contributed by atoms with Crippen LogP contribution in [0.25, 0.3) is 21.8 Å². The summed E-state index contributed by atoms with van der Waals surface area (Å²) in [6.07, 6.45) is 1.58. The molecule has 0 amide bonds. The summed E-state index contributed by atoms with van der Waals surface area (Å²) < 4.78 is 27.8. The highest BCUT2D eigenvalue weighted by molar-refractivity contribution is 9.10. The first-order chi connectivity index (χ1) is 11.5. The second kappa shape index (κ2) is 5.43. The molecule has 120 valence electrons. The molecule has 0 aliphatic heterocycles. The van der Waals surface area contributed by atoms with Gasteiger partial charge in [0.1, 0.15) is 4.60 Å². The van der Waals surface area contributed by atoms with E-state index in [1.165, 1.54) is 3.97 Å². The van der Waals surface area contributed by atoms with Gasteiger partial charge in [0, 0.05) is 17.0 Å². The van der Waals surface area contributed by atoms with Crippen molar-refractivity contribution < 1.29 is 8.42 Å². The van der Waals surface area contributed by atoms with Crippen LogP contribution in [0, 0.1) is 6.92 Å². The third kappa shape index (κ3) is 2.25. The first kappa shape index (κ1) is 15.4. The molecule has 24 heavy (non-hydrogen) atoms. The fourth-order valence-electron chi connectivity index (χ4n) is 2.82. The number of fused-ring (bicyclic) bond motifs is 3. The van der Waals surface area contributed by atoms with Crippen LogP contribution in [-0.2, 0) is 10.0 Å². The van der Waals surface area contributed by atoms with Crippen LogP contribution in [0.2, 0.25) is 0 Å². The summed E-state index contributed by atoms with van der Waals surface area (Å²) in [5.41, 5.74) is 2.39. The monoisotopic (exact) mass is 400 g/mol. The van der Waals surface area contributed by atoms with Gasteiger partial charge in [-0.15, -0.1) is 0 Å². The van der Waals surface area contributed by atoms with Crippen molar-refractivity contribution in [3.8, 4) is 0 Å². The van der Waals surface area contributed by atoms with Crippen LogP contribution in [0.1, 0.15) is 5.56 Å². The molecule has 4 nitrogen and oxygen atoms in total. The molecule has 0 N–H and O–H groups in total. The number of hydrogen-bond acceptors (Lipinski definition) is 3. The molecule has 0 unspecified atom stereocenters. The maximum atomic E-state index is 13.0. The molecule has 2 aromatic carbocycles. The van der Waals surface area contributed by atoms with Gasteiger partial charge < -0.3 is 0 Å². The van der Waals surface area contributed by atoms with Crippen molar-refractivity contribution in [2.45, 2.75) is 11.8 Å². The van der Waals surface area contributed by atoms with Gasteiger partial charge >= 0.3 is 0 Å². The predicted octanol–water partition coefficient (Wildman–Crippen LogP) is 4.50. The normalized spacial score (nSPS) is 12.1. The van der Waals surface area contributed by atoms with E-state index >= 15 is 0 Å². The van der Waals surface area contributed by atoms with E-state index in [9.17, 15) is 8.42 Å². The Bertz CT molecular complexity index is 1180. The molecule has 4 aromatic rings. The van der Waals surface area contributed by atoms with Gasteiger partial charge in [-0.05, 0) is 47.1 Å². The van der Waals surface area contributed by atoms with Crippen molar-refractivity contribution in [1.29, 1.82) is 0 Å². The SMILES string of the molecule is Cc1ccc(S(=O)(=O)n2ccc3c4ccccc4nc(Br)c32)cc1. The molecular weight excluding hydrogens is 388 g/mol. The zero-order chi connectivity index (χ0) is 16.9.